The van der Waals surface area contributed by atoms with Gasteiger partial charge in [-0.1, -0.05) is 11.6 Å². The van der Waals surface area contributed by atoms with Crippen molar-refractivity contribution in [1.82, 2.24) is 24.5 Å². The van der Waals surface area contributed by atoms with Crippen LogP contribution >= 0.6 is 11.6 Å². The fraction of sp³-hybridized carbons (Fsp3) is 0.389. The molecule has 0 bridgehead atoms. The topological polar surface area (TPSA) is 58.8 Å². The molecule has 136 valence electrons. The Balaban J connectivity index is 1.33. The van der Waals surface area contributed by atoms with Gasteiger partial charge in [-0.2, -0.15) is 0 Å². The second kappa shape index (κ2) is 7.47. The van der Waals surface area contributed by atoms with Crippen LogP contribution in [0.3, 0.4) is 0 Å². The Labute approximate surface area is 157 Å². The maximum atomic E-state index is 5.89. The summed E-state index contributed by atoms with van der Waals surface area (Å²) < 4.78 is 7.71. The molecule has 1 aliphatic rings. The summed E-state index contributed by atoms with van der Waals surface area (Å²) in [6, 6.07) is 7.82. The molecule has 1 aromatic carbocycles. The van der Waals surface area contributed by atoms with Crippen molar-refractivity contribution in [3.63, 3.8) is 0 Å². The number of aromatic nitrogens is 4. The monoisotopic (exact) mass is 372 g/mol. The number of hydrogen-bond acceptors (Lipinski definition) is 6. The third kappa shape index (κ3) is 3.59. The van der Waals surface area contributed by atoms with Crippen molar-refractivity contribution in [2.75, 3.05) is 37.7 Å². The van der Waals surface area contributed by atoms with E-state index < -0.39 is 0 Å². The van der Waals surface area contributed by atoms with Gasteiger partial charge in [0.05, 0.1) is 0 Å². The van der Waals surface area contributed by atoms with Gasteiger partial charge < -0.3 is 9.64 Å². The van der Waals surface area contributed by atoms with Crippen LogP contribution in [0.15, 0.2) is 43.0 Å². The molecule has 0 amide bonds. The zero-order valence-corrected chi connectivity index (χ0v) is 15.4. The lowest BCUT2D eigenvalue weighted by molar-refractivity contribution is 0.183. The third-order valence-corrected chi connectivity index (χ3v) is 4.92. The molecule has 7 nitrogen and oxygen atoms in total. The summed E-state index contributed by atoms with van der Waals surface area (Å²) >= 11 is 5.89. The van der Waals surface area contributed by atoms with Gasteiger partial charge in [0, 0.05) is 49.6 Å². The summed E-state index contributed by atoms with van der Waals surface area (Å²) in [6.07, 6.45) is 5.37. The number of rotatable bonds is 5. The van der Waals surface area contributed by atoms with Crippen molar-refractivity contribution in [3.8, 4) is 5.75 Å². The molecule has 2 aromatic heterocycles. The van der Waals surface area contributed by atoms with Gasteiger partial charge in [-0.15, -0.1) is 10.2 Å². The van der Waals surface area contributed by atoms with Gasteiger partial charge >= 0.3 is 0 Å². The molecular weight excluding hydrogens is 352 g/mol. The maximum Gasteiger partial charge on any atom is 0.203 e. The molecule has 3 aromatic rings. The summed E-state index contributed by atoms with van der Waals surface area (Å²) in [6.45, 7) is 6.59. The van der Waals surface area contributed by atoms with Crippen LogP contribution in [-0.2, 0) is 0 Å². The van der Waals surface area contributed by atoms with E-state index in [1.54, 1.807) is 12.5 Å². The lowest BCUT2D eigenvalue weighted by atomic mass is 10.2. The first-order valence-electron chi connectivity index (χ1n) is 8.72. The first-order valence-corrected chi connectivity index (χ1v) is 9.10. The Kier molecular flexibility index (Phi) is 4.90. The Morgan fingerprint density at radius 3 is 2.88 bits per heavy atom. The fourth-order valence-electron chi connectivity index (χ4n) is 3.32. The number of benzene rings is 1. The Morgan fingerprint density at radius 1 is 1.23 bits per heavy atom. The lowest BCUT2D eigenvalue weighted by Crippen LogP contribution is -2.53. The maximum absolute atomic E-state index is 5.89. The highest BCUT2D eigenvalue weighted by molar-refractivity contribution is 6.30. The minimum atomic E-state index is 0.342. The summed E-state index contributed by atoms with van der Waals surface area (Å²) in [5, 5.41) is 8.91. The van der Waals surface area contributed by atoms with Crippen molar-refractivity contribution in [2.45, 2.75) is 13.0 Å². The van der Waals surface area contributed by atoms with E-state index in [0.717, 1.165) is 48.4 Å². The van der Waals surface area contributed by atoms with E-state index >= 15 is 0 Å². The molecule has 1 saturated heterocycles. The van der Waals surface area contributed by atoms with Crippen molar-refractivity contribution in [3.05, 3.63) is 48.0 Å². The summed E-state index contributed by atoms with van der Waals surface area (Å²) in [4.78, 5) is 9.26. The zero-order chi connectivity index (χ0) is 17.9. The minimum Gasteiger partial charge on any atom is -0.492 e. The molecule has 1 aliphatic heterocycles. The van der Waals surface area contributed by atoms with Crippen LogP contribution in [0.25, 0.3) is 5.65 Å². The molecule has 0 saturated carbocycles. The Hall–Kier alpha value is -2.38. The van der Waals surface area contributed by atoms with Crippen LogP contribution in [0.5, 0.6) is 5.75 Å². The molecule has 0 N–H and O–H groups in total. The normalized spacial score (nSPS) is 18.4. The average Bonchev–Trinajstić information content (AvgIpc) is 3.13. The number of nitrogens with zero attached hydrogens (tertiary/aromatic N) is 6. The molecule has 4 rings (SSSR count). The van der Waals surface area contributed by atoms with Gasteiger partial charge in [-0.05, 0) is 31.2 Å². The number of anilines is 1. The van der Waals surface area contributed by atoms with E-state index in [0.29, 0.717) is 12.6 Å². The number of fused-ring (bicyclic) bond motifs is 1. The number of ether oxygens (including phenoxy) is 1. The van der Waals surface area contributed by atoms with Crippen LogP contribution in [0.4, 0.5) is 5.82 Å². The van der Waals surface area contributed by atoms with Crippen molar-refractivity contribution < 1.29 is 4.74 Å². The SMILES string of the molecule is CC1CN(CCOc2ccc(Cl)cc2)CCN1c1nccn2cnnc12. The molecule has 0 radical (unpaired) electrons. The summed E-state index contributed by atoms with van der Waals surface area (Å²) in [5.74, 6) is 1.75. The summed E-state index contributed by atoms with van der Waals surface area (Å²) in [5.41, 5.74) is 0.805. The van der Waals surface area contributed by atoms with Gasteiger partial charge in [0.15, 0.2) is 5.82 Å². The number of hydrogen-bond donors (Lipinski definition) is 0. The molecule has 3 heterocycles. The van der Waals surface area contributed by atoms with E-state index in [9.17, 15) is 0 Å². The first kappa shape index (κ1) is 17.1. The Bertz CT molecular complexity index is 868. The number of piperazine rings is 1. The largest absolute Gasteiger partial charge is 0.492 e. The van der Waals surface area contributed by atoms with Gasteiger partial charge in [0.2, 0.25) is 5.65 Å². The zero-order valence-electron chi connectivity index (χ0n) is 14.6. The summed E-state index contributed by atoms with van der Waals surface area (Å²) in [7, 11) is 0. The van der Waals surface area contributed by atoms with E-state index in [1.165, 1.54) is 0 Å². The fourth-order valence-corrected chi connectivity index (χ4v) is 3.45. The highest BCUT2D eigenvalue weighted by Crippen LogP contribution is 2.22. The van der Waals surface area contributed by atoms with E-state index in [2.05, 4.69) is 31.9 Å². The van der Waals surface area contributed by atoms with Crippen LogP contribution in [0.1, 0.15) is 6.92 Å². The van der Waals surface area contributed by atoms with E-state index in [1.807, 2.05) is 34.9 Å². The standard InChI is InChI=1S/C18H21ClN6O/c1-14-12-23(10-11-26-16-4-2-15(19)3-5-16)8-9-25(14)17-18-22-21-13-24(18)7-6-20-17/h2-7,13-14H,8-12H2,1H3. The molecular formula is C18H21ClN6O. The second-order valence-corrected chi connectivity index (χ2v) is 6.89. The van der Waals surface area contributed by atoms with Crippen LogP contribution in [0.2, 0.25) is 5.02 Å². The van der Waals surface area contributed by atoms with E-state index in [-0.39, 0.29) is 0 Å². The first-order chi connectivity index (χ1) is 12.7. The minimum absolute atomic E-state index is 0.342. The van der Waals surface area contributed by atoms with Crippen molar-refractivity contribution in [2.24, 2.45) is 0 Å². The average molecular weight is 373 g/mol. The predicted octanol–water partition coefficient (Wildman–Crippen LogP) is 2.37. The van der Waals surface area contributed by atoms with E-state index in [4.69, 9.17) is 16.3 Å². The quantitative estimate of drug-likeness (QED) is 0.685. The van der Waals surface area contributed by atoms with Crippen molar-refractivity contribution >= 4 is 23.1 Å². The molecule has 8 heteroatoms. The highest BCUT2D eigenvalue weighted by Gasteiger charge is 2.26. The van der Waals surface area contributed by atoms with Crippen LogP contribution in [-0.4, -0.2) is 63.3 Å². The molecule has 0 spiro atoms. The van der Waals surface area contributed by atoms with Crippen LogP contribution < -0.4 is 9.64 Å². The van der Waals surface area contributed by atoms with Gasteiger partial charge in [0.1, 0.15) is 18.7 Å². The molecule has 1 fully saturated rings. The molecule has 26 heavy (non-hydrogen) atoms. The molecule has 1 atom stereocenters. The third-order valence-electron chi connectivity index (χ3n) is 4.67. The van der Waals surface area contributed by atoms with Crippen LogP contribution in [0, 0.1) is 0 Å². The predicted molar refractivity (Wildman–Crippen MR) is 101 cm³/mol. The molecule has 1 unspecified atom stereocenters. The lowest BCUT2D eigenvalue weighted by Gasteiger charge is -2.40. The van der Waals surface area contributed by atoms with Crippen molar-refractivity contribution in [1.29, 1.82) is 0 Å². The number of halogens is 1. The van der Waals surface area contributed by atoms with Gasteiger partial charge in [-0.25, -0.2) is 4.98 Å². The highest BCUT2D eigenvalue weighted by atomic mass is 35.5. The second-order valence-electron chi connectivity index (χ2n) is 6.46. The molecule has 0 aliphatic carbocycles. The van der Waals surface area contributed by atoms with Gasteiger partial charge in [-0.3, -0.25) is 9.30 Å². The smallest absolute Gasteiger partial charge is 0.203 e. The Morgan fingerprint density at radius 2 is 2.08 bits per heavy atom. The van der Waals surface area contributed by atoms with Gasteiger partial charge in [0.25, 0.3) is 0 Å².